The zero-order valence-electron chi connectivity index (χ0n) is 20.4. The largest absolute Gasteiger partial charge is 0.394 e. The van der Waals surface area contributed by atoms with Gasteiger partial charge in [0.05, 0.1) is 38.6 Å². The van der Waals surface area contributed by atoms with Crippen molar-refractivity contribution in [2.75, 3.05) is 13.2 Å². The molecular weight excluding hydrogens is 456 g/mol. The van der Waals surface area contributed by atoms with Crippen molar-refractivity contribution in [2.45, 2.75) is 43.7 Å². The van der Waals surface area contributed by atoms with Crippen LogP contribution < -0.4 is 0 Å². The van der Waals surface area contributed by atoms with E-state index >= 15 is 0 Å². The quantitative estimate of drug-likeness (QED) is 0.394. The second-order valence-electron chi connectivity index (χ2n) is 8.31. The van der Waals surface area contributed by atoms with E-state index in [0.717, 1.165) is 16.7 Å². The third-order valence-electron chi connectivity index (χ3n) is 5.97. The van der Waals surface area contributed by atoms with Crippen LogP contribution in [0.1, 0.15) is 22.6 Å². The first kappa shape index (κ1) is 27.5. The molecule has 4 rings (SSSR count). The number of hydrogen-bond donors (Lipinski definition) is 1. The molecule has 1 fully saturated rings. The van der Waals surface area contributed by atoms with Crippen LogP contribution in [0.5, 0.6) is 0 Å². The van der Waals surface area contributed by atoms with Gasteiger partial charge in [-0.15, -0.1) is 6.58 Å². The molecule has 36 heavy (non-hydrogen) atoms. The summed E-state index contributed by atoms with van der Waals surface area (Å²) in [6, 6.07) is 30.0. The van der Waals surface area contributed by atoms with Crippen molar-refractivity contribution in [3.05, 3.63) is 120 Å². The molecule has 0 spiro atoms. The number of hydrogen-bond acceptors (Lipinski definition) is 6. The van der Waals surface area contributed by atoms with Crippen LogP contribution >= 0.6 is 0 Å². The van der Waals surface area contributed by atoms with Gasteiger partial charge in [0.15, 0.2) is 6.29 Å². The lowest BCUT2D eigenvalue weighted by molar-refractivity contribution is -0.296. The number of ether oxygens (including phenoxy) is 4. The van der Waals surface area contributed by atoms with Crippen LogP contribution in [0.15, 0.2) is 104 Å². The standard InChI is InChI=1S/C29H32O5.CH2O/c1-2-18-31-29-28(33-21-23-14-8-4-9-15-23)27(32-20-22-12-6-3-7-13-22)26(25(19-30)34-29)24-16-10-5-11-17-24;1-2/h2-17,25-30H,1,18-21H2;1H2/t25-,26-,27+,28-,29?;/m1./s1. The van der Waals surface area contributed by atoms with Gasteiger partial charge in [0.2, 0.25) is 0 Å². The third kappa shape index (κ3) is 7.43. The lowest BCUT2D eigenvalue weighted by atomic mass is 9.83. The Morgan fingerprint density at radius 1 is 0.750 bits per heavy atom. The molecule has 0 radical (unpaired) electrons. The van der Waals surface area contributed by atoms with Crippen LogP contribution in [0.4, 0.5) is 0 Å². The highest BCUT2D eigenvalue weighted by atomic mass is 16.7. The molecule has 3 aromatic carbocycles. The summed E-state index contributed by atoms with van der Waals surface area (Å²) < 4.78 is 25.2. The second kappa shape index (κ2) is 15.1. The number of aliphatic hydroxyl groups excluding tert-OH is 1. The normalized spacial score (nSPS) is 23.3. The molecule has 0 bridgehead atoms. The monoisotopic (exact) mass is 490 g/mol. The summed E-state index contributed by atoms with van der Waals surface area (Å²) >= 11 is 0. The van der Waals surface area contributed by atoms with Crippen LogP contribution in [-0.2, 0) is 37.0 Å². The number of carbonyl (C=O) groups excluding carboxylic acids is 1. The molecule has 1 N–H and O–H groups in total. The molecule has 1 saturated heterocycles. The molecule has 1 aliphatic rings. The minimum atomic E-state index is -0.709. The van der Waals surface area contributed by atoms with Crippen LogP contribution in [0.25, 0.3) is 0 Å². The number of benzene rings is 3. The molecule has 0 amide bonds. The minimum absolute atomic E-state index is 0.163. The van der Waals surface area contributed by atoms with Crippen LogP contribution in [0.3, 0.4) is 0 Å². The van der Waals surface area contributed by atoms with Gasteiger partial charge in [-0.2, -0.15) is 0 Å². The average Bonchev–Trinajstić information content (AvgIpc) is 2.96. The fourth-order valence-corrected chi connectivity index (χ4v) is 4.34. The van der Waals surface area contributed by atoms with Gasteiger partial charge < -0.3 is 28.8 Å². The smallest absolute Gasteiger partial charge is 0.187 e. The second-order valence-corrected chi connectivity index (χ2v) is 8.31. The summed E-state index contributed by atoms with van der Waals surface area (Å²) in [5.41, 5.74) is 3.13. The predicted molar refractivity (Wildman–Crippen MR) is 138 cm³/mol. The van der Waals surface area contributed by atoms with E-state index in [1.165, 1.54) is 0 Å². The fourth-order valence-electron chi connectivity index (χ4n) is 4.34. The fraction of sp³-hybridized carbons (Fsp3) is 0.300. The first-order chi connectivity index (χ1) is 17.8. The molecule has 6 nitrogen and oxygen atoms in total. The molecule has 6 heteroatoms. The van der Waals surface area contributed by atoms with Gasteiger partial charge in [0.1, 0.15) is 12.9 Å². The van der Waals surface area contributed by atoms with E-state index in [1.54, 1.807) is 6.08 Å². The number of carbonyl (C=O) groups is 1. The summed E-state index contributed by atoms with van der Waals surface area (Å²) in [5, 5.41) is 10.3. The van der Waals surface area contributed by atoms with Crippen molar-refractivity contribution >= 4 is 6.79 Å². The topological polar surface area (TPSA) is 74.2 Å². The average molecular weight is 491 g/mol. The van der Waals surface area contributed by atoms with E-state index < -0.39 is 24.6 Å². The van der Waals surface area contributed by atoms with Crippen LogP contribution in [0.2, 0.25) is 0 Å². The molecular formula is C30H34O6. The lowest BCUT2D eigenvalue weighted by Gasteiger charge is -2.46. The summed E-state index contributed by atoms with van der Waals surface area (Å²) in [6.07, 6.45) is -0.465. The number of rotatable bonds is 11. The highest BCUT2D eigenvalue weighted by Gasteiger charge is 2.48. The highest BCUT2D eigenvalue weighted by molar-refractivity contribution is 5.24. The Balaban J connectivity index is 0.00000176. The van der Waals surface area contributed by atoms with E-state index in [2.05, 4.69) is 6.58 Å². The molecule has 0 aromatic heterocycles. The molecule has 0 saturated carbocycles. The van der Waals surface area contributed by atoms with Crippen molar-refractivity contribution < 1.29 is 28.8 Å². The molecule has 1 unspecified atom stereocenters. The third-order valence-corrected chi connectivity index (χ3v) is 5.97. The van der Waals surface area contributed by atoms with Crippen molar-refractivity contribution in [1.29, 1.82) is 0 Å². The Morgan fingerprint density at radius 3 is 1.75 bits per heavy atom. The first-order valence-electron chi connectivity index (χ1n) is 11.9. The van der Waals surface area contributed by atoms with E-state index in [1.807, 2.05) is 97.8 Å². The van der Waals surface area contributed by atoms with Gasteiger partial charge in [-0.1, -0.05) is 97.1 Å². The molecule has 5 atom stereocenters. The Labute approximate surface area is 213 Å². The molecule has 1 aliphatic heterocycles. The van der Waals surface area contributed by atoms with Gasteiger partial charge in [-0.3, -0.25) is 0 Å². The van der Waals surface area contributed by atoms with Crippen LogP contribution in [-0.4, -0.2) is 49.7 Å². The van der Waals surface area contributed by atoms with Gasteiger partial charge in [-0.25, -0.2) is 0 Å². The molecule has 1 heterocycles. The Hall–Kier alpha value is -3.13. The van der Waals surface area contributed by atoms with E-state index in [0.29, 0.717) is 19.8 Å². The Morgan fingerprint density at radius 2 is 1.25 bits per heavy atom. The molecule has 3 aromatic rings. The Kier molecular flexibility index (Phi) is 11.5. The molecule has 0 aliphatic carbocycles. The maximum absolute atomic E-state index is 10.3. The van der Waals surface area contributed by atoms with E-state index in [-0.39, 0.29) is 12.5 Å². The number of aliphatic hydroxyl groups is 1. The maximum Gasteiger partial charge on any atom is 0.187 e. The zero-order valence-corrected chi connectivity index (χ0v) is 20.4. The summed E-state index contributed by atoms with van der Waals surface area (Å²) in [4.78, 5) is 8.00. The van der Waals surface area contributed by atoms with Crippen molar-refractivity contribution in [3.8, 4) is 0 Å². The van der Waals surface area contributed by atoms with Crippen molar-refractivity contribution in [1.82, 2.24) is 0 Å². The SMILES string of the molecule is C=CCOC1O[C@H](CO)[C@@H](c2ccccc2)[C@H](OCc2ccccc2)[C@H]1OCc1ccccc1.C=O. The van der Waals surface area contributed by atoms with Gasteiger partial charge in [0.25, 0.3) is 0 Å². The van der Waals surface area contributed by atoms with Crippen molar-refractivity contribution in [2.24, 2.45) is 0 Å². The van der Waals surface area contributed by atoms with Crippen molar-refractivity contribution in [3.63, 3.8) is 0 Å². The predicted octanol–water partition coefficient (Wildman–Crippen LogP) is 4.68. The Bertz CT molecular complexity index is 998. The first-order valence-corrected chi connectivity index (χ1v) is 11.9. The highest BCUT2D eigenvalue weighted by Crippen LogP contribution is 2.38. The van der Waals surface area contributed by atoms with E-state index in [4.69, 9.17) is 23.7 Å². The minimum Gasteiger partial charge on any atom is -0.394 e. The molecule has 190 valence electrons. The van der Waals surface area contributed by atoms with Gasteiger partial charge in [-0.05, 0) is 16.7 Å². The summed E-state index contributed by atoms with van der Waals surface area (Å²) in [6.45, 7) is 6.69. The van der Waals surface area contributed by atoms with Gasteiger partial charge in [0, 0.05) is 5.92 Å². The van der Waals surface area contributed by atoms with Gasteiger partial charge >= 0.3 is 0 Å². The summed E-state index contributed by atoms with van der Waals surface area (Å²) in [5.74, 6) is -0.237. The van der Waals surface area contributed by atoms with Crippen LogP contribution in [0, 0.1) is 0 Å². The maximum atomic E-state index is 10.3. The van der Waals surface area contributed by atoms with E-state index in [9.17, 15) is 5.11 Å². The lowest BCUT2D eigenvalue weighted by Crippen LogP contribution is -2.57. The zero-order chi connectivity index (χ0) is 25.6. The summed E-state index contributed by atoms with van der Waals surface area (Å²) in [7, 11) is 0.